The molecule has 2 N–H and O–H groups in total. The summed E-state index contributed by atoms with van der Waals surface area (Å²) in [6.07, 6.45) is 3.75. The summed E-state index contributed by atoms with van der Waals surface area (Å²) in [5.41, 5.74) is 6.33. The van der Waals surface area contributed by atoms with Gasteiger partial charge in [-0.1, -0.05) is 0 Å². The zero-order valence-corrected chi connectivity index (χ0v) is 9.91. The minimum Gasteiger partial charge on any atom is -0.494 e. The van der Waals surface area contributed by atoms with Gasteiger partial charge in [0.2, 0.25) is 0 Å². The van der Waals surface area contributed by atoms with E-state index in [1.54, 1.807) is 25.1 Å². The van der Waals surface area contributed by atoms with Gasteiger partial charge in [0.1, 0.15) is 5.75 Å². The minimum absolute atomic E-state index is 0.408. The Kier molecular flexibility index (Phi) is 4.02. The summed E-state index contributed by atoms with van der Waals surface area (Å²) in [5, 5.41) is 0. The third-order valence-corrected chi connectivity index (χ3v) is 3.18. The SMILES string of the molecule is COc1c(SC)cnc(CN)c1Br. The molecule has 0 spiro atoms. The van der Waals surface area contributed by atoms with Crippen LogP contribution in [0.5, 0.6) is 5.75 Å². The average molecular weight is 263 g/mol. The molecule has 13 heavy (non-hydrogen) atoms. The first-order valence-corrected chi connectivity index (χ1v) is 5.71. The molecule has 0 saturated carbocycles. The molecule has 0 aliphatic rings. The van der Waals surface area contributed by atoms with Gasteiger partial charge in [-0.05, 0) is 22.2 Å². The normalized spacial score (nSPS) is 10.2. The van der Waals surface area contributed by atoms with E-state index in [9.17, 15) is 0 Å². The third-order valence-electron chi connectivity index (χ3n) is 1.63. The highest BCUT2D eigenvalue weighted by Crippen LogP contribution is 2.35. The topological polar surface area (TPSA) is 48.1 Å². The van der Waals surface area contributed by atoms with Crippen molar-refractivity contribution >= 4 is 27.7 Å². The van der Waals surface area contributed by atoms with Crippen LogP contribution in [0.3, 0.4) is 0 Å². The smallest absolute Gasteiger partial charge is 0.150 e. The summed E-state index contributed by atoms with van der Waals surface area (Å²) in [4.78, 5) is 5.21. The number of nitrogens with zero attached hydrogens (tertiary/aromatic N) is 1. The molecular formula is C8H11BrN2OS. The molecule has 1 rings (SSSR count). The van der Waals surface area contributed by atoms with Crippen molar-refractivity contribution in [2.24, 2.45) is 5.73 Å². The summed E-state index contributed by atoms with van der Waals surface area (Å²) in [6, 6.07) is 0. The molecule has 1 aromatic rings. The summed E-state index contributed by atoms with van der Waals surface area (Å²) in [6.45, 7) is 0.408. The van der Waals surface area contributed by atoms with E-state index in [1.807, 2.05) is 6.26 Å². The van der Waals surface area contributed by atoms with E-state index in [2.05, 4.69) is 20.9 Å². The number of halogens is 1. The number of ether oxygens (including phenoxy) is 1. The number of nitrogens with two attached hydrogens (primary N) is 1. The van der Waals surface area contributed by atoms with Gasteiger partial charge in [-0.25, -0.2) is 0 Å². The minimum atomic E-state index is 0.408. The maximum absolute atomic E-state index is 5.51. The lowest BCUT2D eigenvalue weighted by molar-refractivity contribution is 0.400. The number of hydrogen-bond donors (Lipinski definition) is 1. The van der Waals surface area contributed by atoms with Gasteiger partial charge in [0.05, 0.1) is 22.2 Å². The van der Waals surface area contributed by atoms with E-state index in [1.165, 1.54) is 0 Å². The van der Waals surface area contributed by atoms with Crippen LogP contribution < -0.4 is 10.5 Å². The lowest BCUT2D eigenvalue weighted by Crippen LogP contribution is -2.02. The van der Waals surface area contributed by atoms with Crippen molar-refractivity contribution in [1.82, 2.24) is 4.98 Å². The van der Waals surface area contributed by atoms with Crippen LogP contribution in [0, 0.1) is 0 Å². The summed E-state index contributed by atoms with van der Waals surface area (Å²) in [5.74, 6) is 0.808. The molecular weight excluding hydrogens is 252 g/mol. The van der Waals surface area contributed by atoms with Crippen LogP contribution in [0.15, 0.2) is 15.6 Å². The first-order chi connectivity index (χ1) is 6.24. The number of rotatable bonds is 3. The maximum Gasteiger partial charge on any atom is 0.150 e. The predicted molar refractivity (Wildman–Crippen MR) is 58.2 cm³/mol. The number of hydrogen-bond acceptors (Lipinski definition) is 4. The quantitative estimate of drug-likeness (QED) is 0.848. The molecule has 0 unspecified atom stereocenters. The Morgan fingerprint density at radius 3 is 2.85 bits per heavy atom. The second-order valence-corrected chi connectivity index (χ2v) is 3.97. The summed E-state index contributed by atoms with van der Waals surface area (Å²) in [7, 11) is 1.64. The first kappa shape index (κ1) is 10.8. The Morgan fingerprint density at radius 1 is 1.69 bits per heavy atom. The van der Waals surface area contributed by atoms with E-state index in [0.717, 1.165) is 20.8 Å². The number of thioether (sulfide) groups is 1. The van der Waals surface area contributed by atoms with Gasteiger partial charge >= 0.3 is 0 Å². The van der Waals surface area contributed by atoms with E-state index in [-0.39, 0.29) is 0 Å². The predicted octanol–water partition coefficient (Wildman–Crippen LogP) is 2.03. The number of aromatic nitrogens is 1. The highest BCUT2D eigenvalue weighted by atomic mass is 79.9. The summed E-state index contributed by atoms with van der Waals surface area (Å²) >= 11 is 5.01. The van der Waals surface area contributed by atoms with Crippen molar-refractivity contribution in [2.45, 2.75) is 11.4 Å². The zero-order chi connectivity index (χ0) is 9.84. The fourth-order valence-corrected chi connectivity index (χ4v) is 2.27. The molecule has 0 aliphatic heterocycles. The fourth-order valence-electron chi connectivity index (χ4n) is 0.969. The molecule has 1 heterocycles. The fraction of sp³-hybridized carbons (Fsp3) is 0.375. The molecule has 0 fully saturated rings. The molecule has 1 aromatic heterocycles. The Labute approximate surface area is 90.2 Å². The van der Waals surface area contributed by atoms with E-state index in [0.29, 0.717) is 6.54 Å². The van der Waals surface area contributed by atoms with Crippen LogP contribution >= 0.6 is 27.7 Å². The standard InChI is InChI=1S/C8H11BrN2OS/c1-12-8-6(13-2)4-11-5(3-10)7(8)9/h4H,3,10H2,1-2H3. The molecule has 0 bridgehead atoms. The molecule has 0 amide bonds. The Bertz CT molecular complexity index is 306. The number of methoxy groups -OCH3 is 1. The van der Waals surface area contributed by atoms with Crippen molar-refractivity contribution in [3.8, 4) is 5.75 Å². The molecule has 0 radical (unpaired) electrons. The molecule has 0 saturated heterocycles. The molecule has 0 aliphatic carbocycles. The van der Waals surface area contributed by atoms with E-state index < -0.39 is 0 Å². The van der Waals surface area contributed by atoms with Crippen LogP contribution in [0.1, 0.15) is 5.69 Å². The lowest BCUT2D eigenvalue weighted by Gasteiger charge is -2.10. The monoisotopic (exact) mass is 262 g/mol. The van der Waals surface area contributed by atoms with Crippen molar-refractivity contribution in [3.05, 3.63) is 16.4 Å². The van der Waals surface area contributed by atoms with Crippen LogP contribution in [-0.4, -0.2) is 18.3 Å². The van der Waals surface area contributed by atoms with Gasteiger partial charge < -0.3 is 10.5 Å². The van der Waals surface area contributed by atoms with Crippen LogP contribution in [-0.2, 0) is 6.54 Å². The highest BCUT2D eigenvalue weighted by Gasteiger charge is 2.11. The van der Waals surface area contributed by atoms with Gasteiger partial charge in [-0.15, -0.1) is 11.8 Å². The zero-order valence-electron chi connectivity index (χ0n) is 7.50. The second-order valence-electron chi connectivity index (χ2n) is 2.32. The third kappa shape index (κ3) is 2.15. The van der Waals surface area contributed by atoms with Crippen molar-refractivity contribution < 1.29 is 4.74 Å². The number of pyridine rings is 1. The summed E-state index contributed by atoms with van der Waals surface area (Å²) < 4.78 is 6.10. The van der Waals surface area contributed by atoms with Crippen molar-refractivity contribution in [3.63, 3.8) is 0 Å². The average Bonchev–Trinajstić information content (AvgIpc) is 2.17. The molecule has 0 aromatic carbocycles. The first-order valence-electron chi connectivity index (χ1n) is 3.70. The van der Waals surface area contributed by atoms with Crippen LogP contribution in [0.2, 0.25) is 0 Å². The molecule has 5 heteroatoms. The Morgan fingerprint density at radius 2 is 2.38 bits per heavy atom. The lowest BCUT2D eigenvalue weighted by atomic mass is 10.3. The molecule has 0 atom stereocenters. The largest absolute Gasteiger partial charge is 0.494 e. The second kappa shape index (κ2) is 4.83. The van der Waals surface area contributed by atoms with E-state index >= 15 is 0 Å². The van der Waals surface area contributed by atoms with Crippen molar-refractivity contribution in [2.75, 3.05) is 13.4 Å². The van der Waals surface area contributed by atoms with Crippen LogP contribution in [0.4, 0.5) is 0 Å². The van der Waals surface area contributed by atoms with Gasteiger partial charge in [-0.3, -0.25) is 4.98 Å². The van der Waals surface area contributed by atoms with E-state index in [4.69, 9.17) is 10.5 Å². The maximum atomic E-state index is 5.51. The molecule has 72 valence electrons. The Balaban J connectivity index is 3.23. The van der Waals surface area contributed by atoms with Gasteiger partial charge in [0.15, 0.2) is 0 Å². The highest BCUT2D eigenvalue weighted by molar-refractivity contribution is 9.10. The van der Waals surface area contributed by atoms with Crippen LogP contribution in [0.25, 0.3) is 0 Å². The van der Waals surface area contributed by atoms with Gasteiger partial charge in [0, 0.05) is 12.7 Å². The Hall–Kier alpha value is -0.260. The van der Waals surface area contributed by atoms with Gasteiger partial charge in [0.25, 0.3) is 0 Å². The van der Waals surface area contributed by atoms with Gasteiger partial charge in [-0.2, -0.15) is 0 Å². The van der Waals surface area contributed by atoms with Crippen molar-refractivity contribution in [1.29, 1.82) is 0 Å². The molecule has 3 nitrogen and oxygen atoms in total.